The molecule has 0 fully saturated rings. The van der Waals surface area contributed by atoms with Crippen molar-refractivity contribution >= 4 is 5.97 Å². The summed E-state index contributed by atoms with van der Waals surface area (Å²) in [6, 6.07) is 17.3. The van der Waals surface area contributed by atoms with Gasteiger partial charge in [0.05, 0.1) is 12.7 Å². The van der Waals surface area contributed by atoms with E-state index in [0.717, 1.165) is 24.0 Å². The van der Waals surface area contributed by atoms with Gasteiger partial charge in [0.1, 0.15) is 5.75 Å². The molecule has 5 nitrogen and oxygen atoms in total. The Kier molecular flexibility index (Phi) is 6.87. The van der Waals surface area contributed by atoms with Gasteiger partial charge in [-0.1, -0.05) is 30.3 Å². The van der Waals surface area contributed by atoms with E-state index in [9.17, 15) is 4.79 Å². The van der Waals surface area contributed by atoms with Gasteiger partial charge in [0.2, 0.25) is 0 Å². The average Bonchev–Trinajstić information content (AvgIpc) is 2.72. The van der Waals surface area contributed by atoms with Crippen LogP contribution in [-0.2, 0) is 22.6 Å². The van der Waals surface area contributed by atoms with Crippen molar-refractivity contribution in [2.75, 3.05) is 0 Å². The fourth-order valence-corrected chi connectivity index (χ4v) is 2.74. The molecule has 0 aliphatic heterocycles. The number of hydrogen-bond donors (Lipinski definition) is 0. The fourth-order valence-electron chi connectivity index (χ4n) is 2.74. The van der Waals surface area contributed by atoms with E-state index in [1.54, 1.807) is 12.1 Å². The van der Waals surface area contributed by atoms with Crippen LogP contribution in [0.3, 0.4) is 0 Å². The molecular formula is C23H24N2O3. The van der Waals surface area contributed by atoms with Gasteiger partial charge in [0, 0.05) is 24.9 Å². The maximum Gasteiger partial charge on any atom is 0.308 e. The maximum atomic E-state index is 11.0. The zero-order valence-corrected chi connectivity index (χ0v) is 16.2. The highest BCUT2D eigenvalue weighted by molar-refractivity contribution is 5.69. The molecule has 0 saturated carbocycles. The normalized spacial score (nSPS) is 11.8. The van der Waals surface area contributed by atoms with E-state index < -0.39 is 0 Å². The smallest absolute Gasteiger partial charge is 0.308 e. The molecule has 1 unspecified atom stereocenters. The summed E-state index contributed by atoms with van der Waals surface area (Å²) in [5.41, 5.74) is 3.14. The van der Waals surface area contributed by atoms with Gasteiger partial charge < -0.3 is 9.47 Å². The molecule has 1 heterocycles. The van der Waals surface area contributed by atoms with Gasteiger partial charge in [-0.05, 0) is 55.2 Å². The quantitative estimate of drug-likeness (QED) is 0.424. The second-order valence-electron chi connectivity index (χ2n) is 6.68. The Morgan fingerprint density at radius 3 is 2.29 bits per heavy atom. The minimum atomic E-state index is -0.338. The standard InChI is InChI=1S/C23H24N2O3/c1-17(27-16-19-6-4-3-5-7-19)8-9-20-14-24-23(25-15-20)21-10-12-22(13-11-21)28-18(2)26/h3-7,10-15,17H,8-9,16H2,1-2H3. The zero-order chi connectivity index (χ0) is 19.8. The molecule has 1 aromatic heterocycles. The van der Waals surface area contributed by atoms with Gasteiger partial charge in [-0.3, -0.25) is 4.79 Å². The number of rotatable bonds is 8. The Hall–Kier alpha value is -3.05. The van der Waals surface area contributed by atoms with Gasteiger partial charge in [-0.25, -0.2) is 9.97 Å². The first-order valence-corrected chi connectivity index (χ1v) is 9.35. The third-order valence-electron chi connectivity index (χ3n) is 4.30. The third-order valence-corrected chi connectivity index (χ3v) is 4.30. The molecule has 3 aromatic rings. The molecule has 3 rings (SSSR count). The molecule has 0 bridgehead atoms. The number of aromatic nitrogens is 2. The van der Waals surface area contributed by atoms with Crippen molar-refractivity contribution in [2.24, 2.45) is 0 Å². The predicted octanol–water partition coefficient (Wildman–Crippen LogP) is 4.61. The Morgan fingerprint density at radius 1 is 0.964 bits per heavy atom. The largest absolute Gasteiger partial charge is 0.427 e. The van der Waals surface area contributed by atoms with Crippen LogP contribution in [-0.4, -0.2) is 22.0 Å². The summed E-state index contributed by atoms with van der Waals surface area (Å²) in [6.45, 7) is 4.09. The van der Waals surface area contributed by atoms with E-state index in [-0.39, 0.29) is 12.1 Å². The van der Waals surface area contributed by atoms with Gasteiger partial charge in [0.25, 0.3) is 0 Å². The minimum absolute atomic E-state index is 0.161. The second-order valence-corrected chi connectivity index (χ2v) is 6.68. The molecule has 2 aromatic carbocycles. The van der Waals surface area contributed by atoms with E-state index in [1.165, 1.54) is 12.5 Å². The molecule has 0 saturated heterocycles. The summed E-state index contributed by atoms with van der Waals surface area (Å²) in [6.07, 6.45) is 5.64. The van der Waals surface area contributed by atoms with Crippen molar-refractivity contribution in [3.63, 3.8) is 0 Å². The highest BCUT2D eigenvalue weighted by Crippen LogP contribution is 2.19. The van der Waals surface area contributed by atoms with Crippen molar-refractivity contribution in [2.45, 2.75) is 39.4 Å². The SMILES string of the molecule is CC(=O)Oc1ccc(-c2ncc(CCC(C)OCc3ccccc3)cn2)cc1. The molecule has 144 valence electrons. The highest BCUT2D eigenvalue weighted by Gasteiger charge is 2.06. The van der Waals surface area contributed by atoms with Crippen molar-refractivity contribution in [3.05, 3.63) is 78.1 Å². The Bertz CT molecular complexity index is 878. The van der Waals surface area contributed by atoms with E-state index in [4.69, 9.17) is 9.47 Å². The first kappa shape index (κ1) is 19.7. The Balaban J connectivity index is 1.49. The predicted molar refractivity (Wildman–Crippen MR) is 108 cm³/mol. The fraction of sp³-hybridized carbons (Fsp3) is 0.261. The monoisotopic (exact) mass is 376 g/mol. The first-order valence-electron chi connectivity index (χ1n) is 9.35. The summed E-state index contributed by atoms with van der Waals surface area (Å²) in [5, 5.41) is 0. The lowest BCUT2D eigenvalue weighted by atomic mass is 10.1. The van der Waals surface area contributed by atoms with E-state index in [0.29, 0.717) is 18.2 Å². The Labute approximate surface area is 165 Å². The van der Waals surface area contributed by atoms with Crippen LogP contribution >= 0.6 is 0 Å². The van der Waals surface area contributed by atoms with Gasteiger partial charge >= 0.3 is 5.97 Å². The van der Waals surface area contributed by atoms with Crippen LogP contribution in [0, 0.1) is 0 Å². The maximum absolute atomic E-state index is 11.0. The van der Waals surface area contributed by atoms with Gasteiger partial charge in [-0.2, -0.15) is 0 Å². The molecule has 0 radical (unpaired) electrons. The molecule has 0 N–H and O–H groups in total. The van der Waals surface area contributed by atoms with Crippen molar-refractivity contribution in [3.8, 4) is 17.1 Å². The summed E-state index contributed by atoms with van der Waals surface area (Å²) in [4.78, 5) is 19.9. The highest BCUT2D eigenvalue weighted by atomic mass is 16.5. The lowest BCUT2D eigenvalue weighted by molar-refractivity contribution is -0.131. The average molecular weight is 376 g/mol. The summed E-state index contributed by atoms with van der Waals surface area (Å²) < 4.78 is 10.9. The Morgan fingerprint density at radius 2 is 1.64 bits per heavy atom. The topological polar surface area (TPSA) is 61.3 Å². The molecule has 0 aliphatic carbocycles. The lowest BCUT2D eigenvalue weighted by Crippen LogP contribution is -2.09. The minimum Gasteiger partial charge on any atom is -0.427 e. The first-order chi connectivity index (χ1) is 13.6. The summed E-state index contributed by atoms with van der Waals surface area (Å²) in [5.74, 6) is 0.819. The summed E-state index contributed by atoms with van der Waals surface area (Å²) >= 11 is 0. The van der Waals surface area contributed by atoms with Gasteiger partial charge in [-0.15, -0.1) is 0 Å². The van der Waals surface area contributed by atoms with Crippen LogP contribution < -0.4 is 4.74 Å². The van der Waals surface area contributed by atoms with Crippen LogP contribution in [0.2, 0.25) is 0 Å². The molecule has 0 spiro atoms. The number of nitrogens with zero attached hydrogens (tertiary/aromatic N) is 2. The number of benzene rings is 2. The summed E-state index contributed by atoms with van der Waals surface area (Å²) in [7, 11) is 0. The molecule has 0 aliphatic rings. The lowest BCUT2D eigenvalue weighted by Gasteiger charge is -2.13. The third kappa shape index (κ3) is 5.99. The van der Waals surface area contributed by atoms with E-state index >= 15 is 0 Å². The van der Waals surface area contributed by atoms with Crippen LogP contribution in [0.4, 0.5) is 0 Å². The van der Waals surface area contributed by atoms with Crippen molar-refractivity contribution in [1.29, 1.82) is 0 Å². The van der Waals surface area contributed by atoms with E-state index in [1.807, 2.05) is 42.7 Å². The number of aryl methyl sites for hydroxylation is 1. The zero-order valence-electron chi connectivity index (χ0n) is 16.2. The number of esters is 1. The van der Waals surface area contributed by atoms with Crippen LogP contribution in [0.15, 0.2) is 67.0 Å². The molecule has 5 heteroatoms. The second kappa shape index (κ2) is 9.76. The van der Waals surface area contributed by atoms with Crippen LogP contribution in [0.5, 0.6) is 5.75 Å². The number of carbonyl (C=O) groups is 1. The van der Waals surface area contributed by atoms with Crippen molar-refractivity contribution in [1.82, 2.24) is 9.97 Å². The molecular weight excluding hydrogens is 352 g/mol. The van der Waals surface area contributed by atoms with Crippen LogP contribution in [0.25, 0.3) is 11.4 Å². The number of hydrogen-bond acceptors (Lipinski definition) is 5. The molecule has 28 heavy (non-hydrogen) atoms. The molecule has 0 amide bonds. The number of ether oxygens (including phenoxy) is 2. The van der Waals surface area contributed by atoms with Crippen molar-refractivity contribution < 1.29 is 14.3 Å². The van der Waals surface area contributed by atoms with Crippen LogP contribution in [0.1, 0.15) is 31.4 Å². The van der Waals surface area contributed by atoms with Gasteiger partial charge in [0.15, 0.2) is 5.82 Å². The molecule has 1 atom stereocenters. The number of carbonyl (C=O) groups excluding carboxylic acids is 1. The van der Waals surface area contributed by atoms with E-state index in [2.05, 4.69) is 29.0 Å².